The van der Waals surface area contributed by atoms with Crippen LogP contribution in [0.15, 0.2) is 47.5 Å². The summed E-state index contributed by atoms with van der Waals surface area (Å²) >= 11 is 5.84. The predicted octanol–water partition coefficient (Wildman–Crippen LogP) is 5.79. The molecule has 4 heteroatoms. The first-order valence-corrected chi connectivity index (χ1v) is 11.3. The van der Waals surface area contributed by atoms with Crippen LogP contribution in [-0.4, -0.2) is 13.8 Å². The average Bonchev–Trinajstić information content (AvgIpc) is 2.45. The molecule has 0 bridgehead atoms. The number of aliphatic imine (C=N–C) groups is 1. The van der Waals surface area contributed by atoms with E-state index in [1.807, 2.05) is 31.2 Å². The maximum absolute atomic E-state index is 14.3. The molecule has 0 saturated carbocycles. The molecule has 2 aromatic carbocycles. The van der Waals surface area contributed by atoms with Gasteiger partial charge in [-0.3, -0.25) is 0 Å². The highest BCUT2D eigenvalue weighted by atomic mass is 35.5. The summed E-state index contributed by atoms with van der Waals surface area (Å²) in [5, 5.41) is 0.360. The van der Waals surface area contributed by atoms with Crippen molar-refractivity contribution in [1.82, 2.24) is 0 Å². The van der Waals surface area contributed by atoms with Gasteiger partial charge >= 0.3 is 0 Å². The molecule has 0 atom stereocenters. The van der Waals surface area contributed by atoms with Crippen molar-refractivity contribution in [3.05, 3.63) is 64.4 Å². The molecule has 0 N–H and O–H groups in total. The van der Waals surface area contributed by atoms with E-state index in [1.165, 1.54) is 6.07 Å². The lowest BCUT2D eigenvalue weighted by Crippen LogP contribution is -2.17. The van der Waals surface area contributed by atoms with Gasteiger partial charge in [-0.2, -0.15) is 0 Å². The van der Waals surface area contributed by atoms with Crippen molar-refractivity contribution in [1.29, 1.82) is 0 Å². The van der Waals surface area contributed by atoms with E-state index in [0.717, 1.165) is 11.3 Å². The van der Waals surface area contributed by atoms with Gasteiger partial charge in [0, 0.05) is 10.6 Å². The summed E-state index contributed by atoms with van der Waals surface area (Å²) in [6.45, 7) is 8.43. The summed E-state index contributed by atoms with van der Waals surface area (Å²) in [6.07, 6.45) is 0. The van der Waals surface area contributed by atoms with Gasteiger partial charge in [-0.1, -0.05) is 54.9 Å². The van der Waals surface area contributed by atoms with Gasteiger partial charge in [0.05, 0.1) is 5.69 Å². The van der Waals surface area contributed by atoms with Gasteiger partial charge in [0.2, 0.25) is 0 Å². The standard InChI is InChI=1S/C19H19ClFNSi/c1-14-5-8-16(9-6-14)22-19(11-12-23(2,3)4)17-10-7-15(20)13-18(17)21/h5-10,13H,1-4H3. The first-order chi connectivity index (χ1) is 10.7. The number of benzene rings is 2. The monoisotopic (exact) mass is 343 g/mol. The van der Waals surface area contributed by atoms with Crippen molar-refractivity contribution in [3.8, 4) is 11.5 Å². The lowest BCUT2D eigenvalue weighted by Gasteiger charge is -2.06. The summed E-state index contributed by atoms with van der Waals surface area (Å²) in [5.41, 5.74) is 5.97. The number of nitrogens with zero attached hydrogens (tertiary/aromatic N) is 1. The van der Waals surface area contributed by atoms with Crippen LogP contribution in [0.2, 0.25) is 24.7 Å². The molecule has 0 aromatic heterocycles. The number of aryl methyl sites for hydroxylation is 1. The average molecular weight is 344 g/mol. The van der Waals surface area contributed by atoms with Gasteiger partial charge in [0.15, 0.2) is 0 Å². The maximum Gasteiger partial charge on any atom is 0.134 e. The SMILES string of the molecule is Cc1ccc(N=C(C#C[Si](C)(C)C)c2ccc(Cl)cc2F)cc1. The van der Waals surface area contributed by atoms with Crippen molar-refractivity contribution < 1.29 is 4.39 Å². The van der Waals surface area contributed by atoms with E-state index in [2.05, 4.69) is 36.1 Å². The van der Waals surface area contributed by atoms with Crippen LogP contribution in [-0.2, 0) is 0 Å². The fraction of sp³-hybridized carbons (Fsp3) is 0.211. The number of halogens is 2. The van der Waals surface area contributed by atoms with Gasteiger partial charge in [-0.05, 0) is 37.3 Å². The zero-order valence-electron chi connectivity index (χ0n) is 13.7. The largest absolute Gasteiger partial charge is 0.239 e. The zero-order chi connectivity index (χ0) is 17.0. The molecule has 118 valence electrons. The molecule has 23 heavy (non-hydrogen) atoms. The third-order valence-electron chi connectivity index (χ3n) is 3.02. The molecule has 0 aliphatic heterocycles. The molecule has 0 unspecified atom stereocenters. The Hall–Kier alpha value is -1.89. The fourth-order valence-corrected chi connectivity index (χ4v) is 2.48. The maximum atomic E-state index is 14.3. The van der Waals surface area contributed by atoms with Crippen molar-refractivity contribution in [2.24, 2.45) is 4.99 Å². The van der Waals surface area contributed by atoms with Crippen molar-refractivity contribution in [2.45, 2.75) is 26.6 Å². The molecule has 0 radical (unpaired) electrons. The Bertz CT molecular complexity index is 793. The van der Waals surface area contributed by atoms with Crippen LogP contribution in [0.5, 0.6) is 0 Å². The molecule has 0 aliphatic rings. The summed E-state index contributed by atoms with van der Waals surface area (Å²) in [5.74, 6) is 2.67. The highest BCUT2D eigenvalue weighted by Gasteiger charge is 2.12. The topological polar surface area (TPSA) is 12.4 Å². The second-order valence-electron chi connectivity index (χ2n) is 6.42. The smallest absolute Gasteiger partial charge is 0.134 e. The third kappa shape index (κ3) is 5.35. The van der Waals surface area contributed by atoms with E-state index in [0.29, 0.717) is 16.3 Å². The third-order valence-corrected chi connectivity index (χ3v) is 4.13. The van der Waals surface area contributed by atoms with Crippen LogP contribution in [0.1, 0.15) is 11.1 Å². The second-order valence-corrected chi connectivity index (χ2v) is 11.6. The van der Waals surface area contributed by atoms with Crippen molar-refractivity contribution >= 4 is 31.1 Å². The van der Waals surface area contributed by atoms with Crippen molar-refractivity contribution in [3.63, 3.8) is 0 Å². The quantitative estimate of drug-likeness (QED) is 0.372. The minimum absolute atomic E-state index is 0.360. The van der Waals surface area contributed by atoms with E-state index in [4.69, 9.17) is 11.6 Å². The van der Waals surface area contributed by atoms with Crippen LogP contribution in [0.3, 0.4) is 0 Å². The van der Waals surface area contributed by atoms with Crippen LogP contribution in [0, 0.1) is 24.2 Å². The molecule has 2 aromatic rings. The molecule has 0 fully saturated rings. The fourth-order valence-electron chi connectivity index (χ4n) is 1.83. The summed E-state index contributed by atoms with van der Waals surface area (Å²) in [6, 6.07) is 12.3. The molecular weight excluding hydrogens is 325 g/mol. The highest BCUT2D eigenvalue weighted by Crippen LogP contribution is 2.19. The molecular formula is C19H19ClFNSi. The molecule has 2 rings (SSSR count). The van der Waals surface area contributed by atoms with Gasteiger partial charge in [-0.25, -0.2) is 9.38 Å². The second kappa shape index (κ2) is 7.12. The van der Waals surface area contributed by atoms with E-state index in [9.17, 15) is 4.39 Å². The molecule has 0 heterocycles. The Morgan fingerprint density at radius 3 is 2.30 bits per heavy atom. The van der Waals surface area contributed by atoms with Crippen LogP contribution in [0.4, 0.5) is 10.1 Å². The Morgan fingerprint density at radius 1 is 1.09 bits per heavy atom. The number of hydrogen-bond donors (Lipinski definition) is 0. The van der Waals surface area contributed by atoms with Gasteiger partial charge in [-0.15, -0.1) is 5.54 Å². The Kier molecular flexibility index (Phi) is 5.41. The first kappa shape index (κ1) is 17.5. The Morgan fingerprint density at radius 2 is 1.74 bits per heavy atom. The zero-order valence-corrected chi connectivity index (χ0v) is 15.5. The minimum Gasteiger partial charge on any atom is -0.239 e. The number of rotatable bonds is 2. The molecule has 1 nitrogen and oxygen atoms in total. The van der Waals surface area contributed by atoms with Crippen molar-refractivity contribution in [2.75, 3.05) is 0 Å². The van der Waals surface area contributed by atoms with Crippen LogP contribution < -0.4 is 0 Å². The van der Waals surface area contributed by atoms with Gasteiger partial charge in [0.1, 0.15) is 19.6 Å². The lowest BCUT2D eigenvalue weighted by molar-refractivity contribution is 0.625. The van der Waals surface area contributed by atoms with Crippen LogP contribution >= 0.6 is 11.6 Å². The van der Waals surface area contributed by atoms with Gasteiger partial charge in [0.25, 0.3) is 0 Å². The minimum atomic E-state index is -1.60. The Balaban J connectivity index is 2.55. The number of hydrogen-bond acceptors (Lipinski definition) is 1. The predicted molar refractivity (Wildman–Crippen MR) is 99.9 cm³/mol. The summed E-state index contributed by atoms with van der Waals surface area (Å²) in [7, 11) is -1.60. The Labute approximate surface area is 143 Å². The molecule has 0 amide bonds. The van der Waals surface area contributed by atoms with Crippen LogP contribution in [0.25, 0.3) is 0 Å². The normalized spacial score (nSPS) is 11.8. The van der Waals surface area contributed by atoms with E-state index in [-0.39, 0.29) is 0 Å². The van der Waals surface area contributed by atoms with E-state index in [1.54, 1.807) is 12.1 Å². The molecule has 0 saturated heterocycles. The first-order valence-electron chi connectivity index (χ1n) is 7.38. The highest BCUT2D eigenvalue weighted by molar-refractivity contribution is 6.84. The summed E-state index contributed by atoms with van der Waals surface area (Å²) in [4.78, 5) is 4.55. The molecule has 0 aliphatic carbocycles. The summed E-state index contributed by atoms with van der Waals surface area (Å²) < 4.78 is 14.3. The van der Waals surface area contributed by atoms with Gasteiger partial charge < -0.3 is 0 Å². The van der Waals surface area contributed by atoms with E-state index >= 15 is 0 Å². The molecule has 0 spiro atoms. The lowest BCUT2D eigenvalue weighted by atomic mass is 10.1. The van der Waals surface area contributed by atoms with E-state index < -0.39 is 13.9 Å².